The van der Waals surface area contributed by atoms with E-state index in [9.17, 15) is 13.2 Å². The molecule has 2 aromatic rings. The molecule has 0 atom stereocenters. The van der Waals surface area contributed by atoms with E-state index in [0.29, 0.717) is 5.75 Å². The second-order valence-electron chi connectivity index (χ2n) is 5.37. The van der Waals surface area contributed by atoms with Crippen molar-refractivity contribution in [2.75, 3.05) is 40.3 Å². The Hall–Kier alpha value is -3.14. The summed E-state index contributed by atoms with van der Waals surface area (Å²) in [5.74, 6) is 0.358. The number of benzene rings is 2. The predicted molar refractivity (Wildman–Crippen MR) is 101 cm³/mol. The maximum atomic E-state index is 12.9. The number of carbonyl (C=O) groups is 1. The molecule has 2 rings (SSSR count). The quantitative estimate of drug-likeness (QED) is 0.659. The first-order chi connectivity index (χ1) is 13.3. The van der Waals surface area contributed by atoms with Crippen molar-refractivity contribution in [3.8, 4) is 23.0 Å². The zero-order chi connectivity index (χ0) is 20.9. The van der Waals surface area contributed by atoms with E-state index in [1.807, 2.05) is 0 Å². The maximum absolute atomic E-state index is 12.9. The highest BCUT2D eigenvalue weighted by molar-refractivity contribution is 7.92. The molecular formula is C18H21NO8S. The minimum atomic E-state index is -4.07. The lowest BCUT2D eigenvalue weighted by Crippen LogP contribution is -2.16. The largest absolute Gasteiger partial charge is 0.493 e. The molecule has 9 nitrogen and oxygen atoms in total. The van der Waals surface area contributed by atoms with E-state index in [4.69, 9.17) is 23.7 Å². The summed E-state index contributed by atoms with van der Waals surface area (Å²) >= 11 is 0. The van der Waals surface area contributed by atoms with Crippen LogP contribution in [0, 0.1) is 0 Å². The molecule has 0 fully saturated rings. The summed E-state index contributed by atoms with van der Waals surface area (Å²) < 4.78 is 53.4. The van der Waals surface area contributed by atoms with Crippen LogP contribution in [0.25, 0.3) is 0 Å². The molecule has 0 bridgehead atoms. The Balaban J connectivity index is 2.55. The Kier molecular flexibility index (Phi) is 6.57. The average Bonchev–Trinajstić information content (AvgIpc) is 2.71. The van der Waals surface area contributed by atoms with E-state index in [2.05, 4.69) is 4.72 Å². The fourth-order valence-corrected chi connectivity index (χ4v) is 3.52. The van der Waals surface area contributed by atoms with Crippen LogP contribution in [0.3, 0.4) is 0 Å². The van der Waals surface area contributed by atoms with E-state index < -0.39 is 16.0 Å². The molecule has 10 heteroatoms. The molecular weight excluding hydrogens is 390 g/mol. The Morgan fingerprint density at radius 1 is 0.786 bits per heavy atom. The zero-order valence-electron chi connectivity index (χ0n) is 16.1. The van der Waals surface area contributed by atoms with E-state index in [-0.39, 0.29) is 33.4 Å². The topological polar surface area (TPSA) is 109 Å². The standard InChI is InChI=1S/C18H21NO8S/c1-23-14-7-6-11(8-15(14)24-2)28(21,22)19-13-10-17(26-4)16(25-3)9-12(13)18(20)27-5/h6-10,19H,1-5H3. The number of hydrogen-bond donors (Lipinski definition) is 1. The molecule has 28 heavy (non-hydrogen) atoms. The van der Waals surface area contributed by atoms with Crippen LogP contribution in [-0.2, 0) is 14.8 Å². The number of nitrogens with one attached hydrogen (secondary N) is 1. The van der Waals surface area contributed by atoms with Gasteiger partial charge in [-0.2, -0.15) is 0 Å². The van der Waals surface area contributed by atoms with Gasteiger partial charge in [0.2, 0.25) is 0 Å². The molecule has 0 amide bonds. The van der Waals surface area contributed by atoms with Crippen molar-refractivity contribution in [3.63, 3.8) is 0 Å². The number of esters is 1. The van der Waals surface area contributed by atoms with Crippen LogP contribution in [0.2, 0.25) is 0 Å². The minimum Gasteiger partial charge on any atom is -0.493 e. The maximum Gasteiger partial charge on any atom is 0.340 e. The molecule has 0 saturated carbocycles. The first kappa shape index (κ1) is 21.2. The Morgan fingerprint density at radius 3 is 1.86 bits per heavy atom. The van der Waals surface area contributed by atoms with Gasteiger partial charge in [0.1, 0.15) is 0 Å². The molecule has 2 aromatic carbocycles. The van der Waals surface area contributed by atoms with Gasteiger partial charge in [-0.3, -0.25) is 4.72 Å². The summed E-state index contributed by atoms with van der Waals surface area (Å²) in [5.41, 5.74) is -0.0662. The van der Waals surface area contributed by atoms with Crippen molar-refractivity contribution >= 4 is 21.7 Å². The number of ether oxygens (including phenoxy) is 5. The van der Waals surface area contributed by atoms with Crippen molar-refractivity contribution in [3.05, 3.63) is 35.9 Å². The highest BCUT2D eigenvalue weighted by atomic mass is 32.2. The smallest absolute Gasteiger partial charge is 0.340 e. The van der Waals surface area contributed by atoms with Gasteiger partial charge in [0.15, 0.2) is 23.0 Å². The molecule has 0 heterocycles. The van der Waals surface area contributed by atoms with Crippen molar-refractivity contribution in [2.24, 2.45) is 0 Å². The average molecular weight is 411 g/mol. The summed E-state index contributed by atoms with van der Waals surface area (Å²) in [7, 11) is 2.74. The van der Waals surface area contributed by atoms with Crippen molar-refractivity contribution in [2.45, 2.75) is 4.90 Å². The van der Waals surface area contributed by atoms with E-state index in [0.717, 1.165) is 0 Å². The minimum absolute atomic E-state index is 0.0284. The molecule has 0 radical (unpaired) electrons. The van der Waals surface area contributed by atoms with Crippen LogP contribution in [0.15, 0.2) is 35.2 Å². The van der Waals surface area contributed by atoms with Gasteiger partial charge in [-0.1, -0.05) is 0 Å². The predicted octanol–water partition coefficient (Wildman–Crippen LogP) is 2.31. The fraction of sp³-hybridized carbons (Fsp3) is 0.278. The molecule has 0 saturated heterocycles. The van der Waals surface area contributed by atoms with Gasteiger partial charge < -0.3 is 23.7 Å². The summed E-state index contributed by atoms with van der Waals surface area (Å²) in [6.45, 7) is 0. The third-order valence-electron chi connectivity index (χ3n) is 3.84. The highest BCUT2D eigenvalue weighted by Gasteiger charge is 2.23. The summed E-state index contributed by atoms with van der Waals surface area (Å²) in [5, 5.41) is 0. The zero-order valence-corrected chi connectivity index (χ0v) is 16.9. The number of rotatable bonds is 8. The Labute approximate surface area is 163 Å². The Morgan fingerprint density at radius 2 is 1.32 bits per heavy atom. The van der Waals surface area contributed by atoms with E-state index in [1.54, 1.807) is 0 Å². The summed E-state index contributed by atoms with van der Waals surface area (Å²) in [6.07, 6.45) is 0. The number of sulfonamides is 1. The third-order valence-corrected chi connectivity index (χ3v) is 5.20. The molecule has 0 aromatic heterocycles. The fourth-order valence-electron chi connectivity index (χ4n) is 2.43. The van der Waals surface area contributed by atoms with Gasteiger partial charge in [0.25, 0.3) is 10.0 Å². The van der Waals surface area contributed by atoms with E-state index in [1.165, 1.54) is 65.9 Å². The highest BCUT2D eigenvalue weighted by Crippen LogP contribution is 2.35. The molecule has 0 spiro atoms. The number of anilines is 1. The Bertz CT molecular complexity index is 972. The van der Waals surface area contributed by atoms with Gasteiger partial charge in [0.05, 0.1) is 51.7 Å². The van der Waals surface area contributed by atoms with Crippen molar-refractivity contribution in [1.82, 2.24) is 0 Å². The normalized spacial score (nSPS) is 10.8. The van der Waals surface area contributed by atoms with Gasteiger partial charge in [-0.15, -0.1) is 0 Å². The third kappa shape index (κ3) is 4.22. The van der Waals surface area contributed by atoms with E-state index >= 15 is 0 Å². The SMILES string of the molecule is COC(=O)c1cc(OC)c(OC)cc1NS(=O)(=O)c1ccc(OC)c(OC)c1. The molecule has 0 unspecified atom stereocenters. The molecule has 1 N–H and O–H groups in total. The summed E-state index contributed by atoms with van der Waals surface area (Å²) in [6, 6.07) is 6.78. The van der Waals surface area contributed by atoms with Crippen LogP contribution < -0.4 is 23.7 Å². The molecule has 152 valence electrons. The van der Waals surface area contributed by atoms with Crippen LogP contribution in [0.5, 0.6) is 23.0 Å². The van der Waals surface area contributed by atoms with Crippen LogP contribution in [-0.4, -0.2) is 49.9 Å². The van der Waals surface area contributed by atoms with Gasteiger partial charge >= 0.3 is 5.97 Å². The lowest BCUT2D eigenvalue weighted by Gasteiger charge is -2.16. The first-order valence-corrected chi connectivity index (χ1v) is 9.38. The lowest BCUT2D eigenvalue weighted by molar-refractivity contribution is 0.0601. The van der Waals surface area contributed by atoms with Gasteiger partial charge in [-0.25, -0.2) is 13.2 Å². The first-order valence-electron chi connectivity index (χ1n) is 7.90. The number of methoxy groups -OCH3 is 5. The number of carbonyl (C=O) groups excluding carboxylic acids is 1. The monoisotopic (exact) mass is 411 g/mol. The second-order valence-corrected chi connectivity index (χ2v) is 7.05. The van der Waals surface area contributed by atoms with Crippen molar-refractivity contribution in [1.29, 1.82) is 0 Å². The molecule has 0 aliphatic carbocycles. The van der Waals surface area contributed by atoms with Crippen molar-refractivity contribution < 1.29 is 36.9 Å². The van der Waals surface area contributed by atoms with Crippen LogP contribution in [0.1, 0.15) is 10.4 Å². The van der Waals surface area contributed by atoms with Crippen LogP contribution >= 0.6 is 0 Å². The lowest BCUT2D eigenvalue weighted by atomic mass is 10.1. The molecule has 0 aliphatic rings. The van der Waals surface area contributed by atoms with Crippen LogP contribution in [0.4, 0.5) is 5.69 Å². The second kappa shape index (κ2) is 8.70. The number of hydrogen-bond acceptors (Lipinski definition) is 8. The summed E-state index contributed by atoms with van der Waals surface area (Å²) in [4.78, 5) is 12.0. The molecule has 0 aliphatic heterocycles. The van der Waals surface area contributed by atoms with Gasteiger partial charge in [-0.05, 0) is 12.1 Å². The van der Waals surface area contributed by atoms with Gasteiger partial charge in [0, 0.05) is 18.2 Å².